The molecule has 0 radical (unpaired) electrons. The van der Waals surface area contributed by atoms with E-state index in [-0.39, 0.29) is 24.4 Å². The summed E-state index contributed by atoms with van der Waals surface area (Å²) in [5.74, 6) is -0.165. The van der Waals surface area contributed by atoms with Gasteiger partial charge in [-0.2, -0.15) is 0 Å². The van der Waals surface area contributed by atoms with Crippen LogP contribution < -0.4 is 11.1 Å². The van der Waals surface area contributed by atoms with Crippen LogP contribution in [0.15, 0.2) is 15.2 Å². The number of carbonyl (C=O) groups excluding carboxylic acids is 2. The summed E-state index contributed by atoms with van der Waals surface area (Å²) in [5, 5.41) is 2.97. The number of nitrogens with zero attached hydrogens (tertiary/aromatic N) is 1. The molecule has 1 aromatic heterocycles. The molecule has 1 aliphatic rings. The second kappa shape index (κ2) is 6.41. The van der Waals surface area contributed by atoms with Gasteiger partial charge in [-0.3, -0.25) is 14.5 Å². The predicted molar refractivity (Wildman–Crippen MR) is 77.3 cm³/mol. The first-order chi connectivity index (χ1) is 9.45. The van der Waals surface area contributed by atoms with Gasteiger partial charge in [-0.1, -0.05) is 0 Å². The van der Waals surface area contributed by atoms with Crippen molar-refractivity contribution in [3.63, 3.8) is 0 Å². The molecule has 0 bridgehead atoms. The Bertz CT molecular complexity index is 507. The van der Waals surface area contributed by atoms with Gasteiger partial charge in [0.2, 0.25) is 5.91 Å². The fourth-order valence-electron chi connectivity index (χ4n) is 2.38. The van der Waals surface area contributed by atoms with Crippen LogP contribution in [0.25, 0.3) is 0 Å². The summed E-state index contributed by atoms with van der Waals surface area (Å²) in [6, 6.07) is 1.87. The van der Waals surface area contributed by atoms with E-state index in [4.69, 9.17) is 10.2 Å². The predicted octanol–water partition coefficient (Wildman–Crippen LogP) is 1.03. The molecule has 0 aromatic carbocycles. The third-order valence-corrected chi connectivity index (χ3v) is 3.79. The third kappa shape index (κ3) is 3.83. The number of nitrogens with two attached hydrogens (primary N) is 1. The molecule has 0 saturated carbocycles. The molecule has 1 fully saturated rings. The minimum atomic E-state index is -0.316. The van der Waals surface area contributed by atoms with E-state index in [1.54, 1.807) is 6.07 Å². The molecule has 2 amide bonds. The molecule has 1 aliphatic heterocycles. The monoisotopic (exact) mass is 343 g/mol. The molecule has 3 N–H and O–H groups in total. The normalized spacial score (nSPS) is 17.1. The van der Waals surface area contributed by atoms with Crippen molar-refractivity contribution in [1.82, 2.24) is 10.2 Å². The Kier molecular flexibility index (Phi) is 4.82. The van der Waals surface area contributed by atoms with Crippen molar-refractivity contribution in [2.24, 2.45) is 5.73 Å². The SMILES string of the molecule is Cc1cc(Br)oc1C(=O)NC1CCN(CC(N)=O)CC1. The van der Waals surface area contributed by atoms with E-state index in [1.165, 1.54) is 0 Å². The maximum atomic E-state index is 12.1. The Balaban J connectivity index is 1.85. The van der Waals surface area contributed by atoms with Gasteiger partial charge in [0, 0.05) is 24.7 Å². The number of rotatable bonds is 4. The Labute approximate surface area is 125 Å². The minimum Gasteiger partial charge on any atom is -0.444 e. The van der Waals surface area contributed by atoms with Gasteiger partial charge in [0.25, 0.3) is 5.91 Å². The lowest BCUT2D eigenvalue weighted by Gasteiger charge is -2.31. The number of nitrogens with one attached hydrogen (secondary N) is 1. The van der Waals surface area contributed by atoms with Crippen molar-refractivity contribution >= 4 is 27.7 Å². The maximum Gasteiger partial charge on any atom is 0.287 e. The van der Waals surface area contributed by atoms with Gasteiger partial charge in [-0.25, -0.2) is 0 Å². The van der Waals surface area contributed by atoms with E-state index in [2.05, 4.69) is 21.2 Å². The zero-order valence-electron chi connectivity index (χ0n) is 11.3. The Morgan fingerprint density at radius 3 is 2.65 bits per heavy atom. The minimum absolute atomic E-state index is 0.106. The van der Waals surface area contributed by atoms with Gasteiger partial charge in [0.15, 0.2) is 10.4 Å². The average molecular weight is 344 g/mol. The first kappa shape index (κ1) is 15.1. The summed E-state index contributed by atoms with van der Waals surface area (Å²) < 4.78 is 5.88. The summed E-state index contributed by atoms with van der Waals surface area (Å²) in [5.41, 5.74) is 5.97. The molecule has 2 heterocycles. The lowest BCUT2D eigenvalue weighted by molar-refractivity contribution is -0.119. The number of piperidine rings is 1. The van der Waals surface area contributed by atoms with Crippen molar-refractivity contribution in [3.05, 3.63) is 22.1 Å². The summed E-state index contributed by atoms with van der Waals surface area (Å²) in [7, 11) is 0. The van der Waals surface area contributed by atoms with Crippen LogP contribution in [0, 0.1) is 6.92 Å². The van der Waals surface area contributed by atoms with Crippen LogP contribution >= 0.6 is 15.9 Å². The number of hydrogen-bond acceptors (Lipinski definition) is 4. The van der Waals surface area contributed by atoms with E-state index in [0.29, 0.717) is 10.4 Å². The van der Waals surface area contributed by atoms with E-state index in [1.807, 2.05) is 11.8 Å². The molecule has 0 aliphatic carbocycles. The number of primary amides is 1. The maximum absolute atomic E-state index is 12.1. The van der Waals surface area contributed by atoms with Gasteiger partial charge in [-0.15, -0.1) is 0 Å². The molecule has 1 aromatic rings. The highest BCUT2D eigenvalue weighted by Gasteiger charge is 2.23. The van der Waals surface area contributed by atoms with Gasteiger partial charge in [0.05, 0.1) is 6.54 Å². The lowest BCUT2D eigenvalue weighted by Crippen LogP contribution is -2.46. The Hall–Kier alpha value is -1.34. The van der Waals surface area contributed by atoms with Gasteiger partial charge >= 0.3 is 0 Å². The fraction of sp³-hybridized carbons (Fsp3) is 0.538. The highest BCUT2D eigenvalue weighted by molar-refractivity contribution is 9.10. The molecule has 0 atom stereocenters. The van der Waals surface area contributed by atoms with E-state index < -0.39 is 0 Å². The molecule has 0 unspecified atom stereocenters. The highest BCUT2D eigenvalue weighted by atomic mass is 79.9. The first-order valence-corrected chi connectivity index (χ1v) is 7.32. The van der Waals surface area contributed by atoms with Crippen molar-refractivity contribution in [2.45, 2.75) is 25.8 Å². The standard InChI is InChI=1S/C13H18BrN3O3/c1-8-6-10(14)20-12(8)13(19)16-9-2-4-17(5-3-9)7-11(15)18/h6,9H,2-5,7H2,1H3,(H2,15,18)(H,16,19). The van der Waals surface area contributed by atoms with Crippen LogP contribution in [-0.4, -0.2) is 42.4 Å². The second-order valence-electron chi connectivity index (χ2n) is 5.05. The molecule has 2 rings (SSSR count). The molecule has 110 valence electrons. The molecule has 0 spiro atoms. The summed E-state index contributed by atoms with van der Waals surface area (Å²) in [4.78, 5) is 24.9. The molecule has 6 nitrogen and oxygen atoms in total. The van der Waals surface area contributed by atoms with Crippen molar-refractivity contribution in [1.29, 1.82) is 0 Å². The number of carbonyl (C=O) groups is 2. The fourth-order valence-corrected chi connectivity index (χ4v) is 2.88. The van der Waals surface area contributed by atoms with Crippen LogP contribution in [0.1, 0.15) is 29.0 Å². The zero-order valence-corrected chi connectivity index (χ0v) is 12.9. The third-order valence-electron chi connectivity index (χ3n) is 3.40. The Morgan fingerprint density at radius 1 is 1.50 bits per heavy atom. The van der Waals surface area contributed by atoms with Crippen molar-refractivity contribution in [3.8, 4) is 0 Å². The first-order valence-electron chi connectivity index (χ1n) is 6.53. The van der Waals surface area contributed by atoms with Crippen molar-refractivity contribution < 1.29 is 14.0 Å². The highest BCUT2D eigenvalue weighted by Crippen LogP contribution is 2.20. The van der Waals surface area contributed by atoms with Crippen LogP contribution in [0.4, 0.5) is 0 Å². The molecule has 1 saturated heterocycles. The number of furan rings is 1. The molecular weight excluding hydrogens is 326 g/mol. The van der Waals surface area contributed by atoms with Gasteiger partial charge < -0.3 is 15.5 Å². The van der Waals surface area contributed by atoms with Crippen LogP contribution in [-0.2, 0) is 4.79 Å². The second-order valence-corrected chi connectivity index (χ2v) is 5.83. The topological polar surface area (TPSA) is 88.6 Å². The number of halogens is 1. The largest absolute Gasteiger partial charge is 0.444 e. The lowest BCUT2D eigenvalue weighted by atomic mass is 10.0. The summed E-state index contributed by atoms with van der Waals surface area (Å²) in [6.07, 6.45) is 1.61. The quantitative estimate of drug-likeness (QED) is 0.854. The number of aryl methyl sites for hydroxylation is 1. The van der Waals surface area contributed by atoms with Crippen molar-refractivity contribution in [2.75, 3.05) is 19.6 Å². The van der Waals surface area contributed by atoms with Crippen LogP contribution in [0.2, 0.25) is 0 Å². The molecule has 20 heavy (non-hydrogen) atoms. The van der Waals surface area contributed by atoms with Gasteiger partial charge in [-0.05, 0) is 41.8 Å². The zero-order chi connectivity index (χ0) is 14.7. The summed E-state index contributed by atoms with van der Waals surface area (Å²) >= 11 is 3.21. The van der Waals surface area contributed by atoms with Gasteiger partial charge in [0.1, 0.15) is 0 Å². The van der Waals surface area contributed by atoms with Crippen LogP contribution in [0.3, 0.4) is 0 Å². The Morgan fingerprint density at radius 2 is 2.15 bits per heavy atom. The van der Waals surface area contributed by atoms with E-state index in [9.17, 15) is 9.59 Å². The molecule has 7 heteroatoms. The number of hydrogen-bond donors (Lipinski definition) is 2. The number of likely N-dealkylation sites (tertiary alicyclic amines) is 1. The smallest absolute Gasteiger partial charge is 0.287 e. The van der Waals surface area contributed by atoms with E-state index in [0.717, 1.165) is 31.5 Å². The van der Waals surface area contributed by atoms with E-state index >= 15 is 0 Å². The molecular formula is C13H18BrN3O3. The number of amides is 2. The summed E-state index contributed by atoms with van der Waals surface area (Å²) in [6.45, 7) is 3.63. The average Bonchev–Trinajstić information content (AvgIpc) is 2.70. The van der Waals surface area contributed by atoms with Crippen LogP contribution in [0.5, 0.6) is 0 Å².